The van der Waals surface area contributed by atoms with Crippen LogP contribution in [0, 0.1) is 6.92 Å². The van der Waals surface area contributed by atoms with Gasteiger partial charge in [-0.1, -0.05) is 17.7 Å². The fraction of sp³-hybridized carbons (Fsp3) is 0.522. The third kappa shape index (κ3) is 5.62. The van der Waals surface area contributed by atoms with Gasteiger partial charge in [-0.2, -0.15) is 4.31 Å². The lowest BCUT2D eigenvalue weighted by molar-refractivity contribution is -0.127. The molecule has 0 spiro atoms. The van der Waals surface area contributed by atoms with Crippen molar-refractivity contribution in [2.75, 3.05) is 32.7 Å². The molecule has 3 heterocycles. The Morgan fingerprint density at radius 2 is 2.03 bits per heavy atom. The van der Waals surface area contributed by atoms with Crippen LogP contribution in [0.4, 0.5) is 0 Å². The van der Waals surface area contributed by atoms with Gasteiger partial charge in [0.25, 0.3) is 5.91 Å². The Morgan fingerprint density at radius 1 is 1.26 bits per heavy atom. The van der Waals surface area contributed by atoms with Crippen LogP contribution in [0.15, 0.2) is 28.5 Å². The van der Waals surface area contributed by atoms with Crippen LogP contribution >= 0.6 is 22.9 Å². The van der Waals surface area contributed by atoms with E-state index in [1.54, 1.807) is 17.5 Å². The summed E-state index contributed by atoms with van der Waals surface area (Å²) in [6, 6.07) is 4.82. The van der Waals surface area contributed by atoms with Crippen LogP contribution in [0.2, 0.25) is 5.02 Å². The fourth-order valence-corrected chi connectivity index (χ4v) is 7.02. The Labute approximate surface area is 209 Å². The molecule has 2 fully saturated rings. The minimum absolute atomic E-state index is 0.126. The highest BCUT2D eigenvalue weighted by atomic mass is 35.5. The lowest BCUT2D eigenvalue weighted by Gasteiger charge is -2.30. The maximum Gasteiger partial charge on any atom is 0.270 e. The second-order valence-corrected chi connectivity index (χ2v) is 12.0. The minimum Gasteiger partial charge on any atom is -0.351 e. The number of sulfonamides is 1. The summed E-state index contributed by atoms with van der Waals surface area (Å²) in [5.74, 6) is 0.101. The molecule has 1 aromatic carbocycles. The number of benzene rings is 1. The van der Waals surface area contributed by atoms with Gasteiger partial charge in [0.05, 0.1) is 9.90 Å². The van der Waals surface area contributed by atoms with Crippen molar-refractivity contribution < 1.29 is 18.0 Å². The number of nitrogens with zero attached hydrogens (tertiary/aromatic N) is 3. The second-order valence-electron chi connectivity index (χ2n) is 8.75. The van der Waals surface area contributed by atoms with E-state index >= 15 is 0 Å². The lowest BCUT2D eigenvalue weighted by atomic mass is 9.99. The molecule has 2 aliphatic heterocycles. The summed E-state index contributed by atoms with van der Waals surface area (Å²) in [6.07, 6.45) is 3.55. The summed E-state index contributed by atoms with van der Waals surface area (Å²) >= 11 is 7.57. The first kappa shape index (κ1) is 25.1. The van der Waals surface area contributed by atoms with Crippen molar-refractivity contribution in [3.05, 3.63) is 44.9 Å². The van der Waals surface area contributed by atoms with Crippen molar-refractivity contribution in [3.8, 4) is 0 Å². The molecule has 2 aromatic rings. The summed E-state index contributed by atoms with van der Waals surface area (Å²) in [5, 5.41) is 5.94. The third-order valence-electron chi connectivity index (χ3n) is 6.40. The number of hydrogen-bond donors (Lipinski definition) is 1. The fourth-order valence-electron chi connectivity index (χ4n) is 4.31. The van der Waals surface area contributed by atoms with E-state index in [-0.39, 0.29) is 22.6 Å². The summed E-state index contributed by atoms with van der Waals surface area (Å²) in [5.41, 5.74) is 1.23. The van der Waals surface area contributed by atoms with Gasteiger partial charge in [0.1, 0.15) is 5.69 Å². The van der Waals surface area contributed by atoms with Crippen molar-refractivity contribution in [1.82, 2.24) is 19.5 Å². The predicted octanol–water partition coefficient (Wildman–Crippen LogP) is 3.42. The average molecular weight is 525 g/mol. The molecular weight excluding hydrogens is 496 g/mol. The summed E-state index contributed by atoms with van der Waals surface area (Å²) in [7, 11) is -3.59. The molecule has 2 aliphatic rings. The van der Waals surface area contributed by atoms with Crippen LogP contribution in [0.25, 0.3) is 0 Å². The van der Waals surface area contributed by atoms with Gasteiger partial charge in [0.15, 0.2) is 0 Å². The van der Waals surface area contributed by atoms with Gasteiger partial charge in [0, 0.05) is 55.5 Å². The number of likely N-dealkylation sites (tertiary alicyclic amines) is 1. The third-order valence-corrected chi connectivity index (χ3v) is 9.71. The smallest absolute Gasteiger partial charge is 0.270 e. The number of amides is 2. The van der Waals surface area contributed by atoms with Gasteiger partial charge in [0.2, 0.25) is 15.9 Å². The number of halogens is 1. The zero-order valence-electron chi connectivity index (χ0n) is 19.1. The van der Waals surface area contributed by atoms with E-state index in [4.69, 9.17) is 11.6 Å². The Bertz CT molecular complexity index is 1160. The number of aromatic nitrogens is 1. The van der Waals surface area contributed by atoms with Crippen LogP contribution < -0.4 is 5.32 Å². The SMILES string of the molecule is Cc1ccc(S(=O)(=O)N2CCC(c3nc(C(=O)NCCCN4CCCC4=O)cs3)CC2)cc1Cl. The number of rotatable bonds is 8. The molecule has 1 aromatic heterocycles. The maximum atomic E-state index is 13.0. The molecule has 0 atom stereocenters. The molecule has 8 nitrogen and oxygen atoms in total. The Morgan fingerprint density at radius 3 is 2.71 bits per heavy atom. The van der Waals surface area contributed by atoms with Crippen molar-refractivity contribution in [2.24, 2.45) is 0 Å². The molecule has 2 amide bonds. The minimum atomic E-state index is -3.59. The number of piperidine rings is 1. The zero-order chi connectivity index (χ0) is 24.3. The van der Waals surface area contributed by atoms with Gasteiger partial charge in [-0.3, -0.25) is 9.59 Å². The second kappa shape index (κ2) is 10.7. The number of hydrogen-bond acceptors (Lipinski definition) is 6. The maximum absolute atomic E-state index is 13.0. The molecule has 0 aliphatic carbocycles. The van der Waals surface area contributed by atoms with Gasteiger partial charge in [-0.25, -0.2) is 13.4 Å². The van der Waals surface area contributed by atoms with Gasteiger partial charge < -0.3 is 10.2 Å². The highest BCUT2D eigenvalue weighted by molar-refractivity contribution is 7.89. The molecule has 4 rings (SSSR count). The topological polar surface area (TPSA) is 99.7 Å². The number of thiazole rings is 1. The molecule has 184 valence electrons. The quantitative estimate of drug-likeness (QED) is 0.533. The van der Waals surface area contributed by atoms with Crippen LogP contribution in [-0.2, 0) is 14.8 Å². The monoisotopic (exact) mass is 524 g/mol. The molecule has 2 saturated heterocycles. The summed E-state index contributed by atoms with van der Waals surface area (Å²) in [6.45, 7) is 4.60. The highest BCUT2D eigenvalue weighted by Gasteiger charge is 2.31. The normalized spacial score (nSPS) is 17.9. The van der Waals surface area contributed by atoms with E-state index in [0.717, 1.165) is 23.5 Å². The Balaban J connectivity index is 1.27. The van der Waals surface area contributed by atoms with Gasteiger partial charge in [-0.15, -0.1) is 11.3 Å². The Hall–Kier alpha value is -2.01. The molecule has 0 saturated carbocycles. The Kier molecular flexibility index (Phi) is 7.91. The highest BCUT2D eigenvalue weighted by Crippen LogP contribution is 2.33. The summed E-state index contributed by atoms with van der Waals surface area (Å²) < 4.78 is 27.5. The molecular formula is C23H29ClN4O4S2. The number of nitrogens with one attached hydrogen (secondary N) is 1. The first-order chi connectivity index (χ1) is 16.3. The zero-order valence-corrected chi connectivity index (χ0v) is 21.5. The van der Waals surface area contributed by atoms with Gasteiger partial charge >= 0.3 is 0 Å². The molecule has 0 unspecified atom stereocenters. The van der Waals surface area contributed by atoms with Gasteiger partial charge in [-0.05, 0) is 50.3 Å². The molecule has 34 heavy (non-hydrogen) atoms. The standard InChI is InChI=1S/C23H29ClN4O4S2/c1-16-5-6-18(14-19(16)24)34(31,32)28-12-7-17(8-13-28)23-26-20(15-33-23)22(30)25-9-3-11-27-10-2-4-21(27)29/h5-6,14-15,17H,2-4,7-13H2,1H3,(H,25,30). The van der Waals surface area contributed by atoms with Crippen molar-refractivity contribution in [3.63, 3.8) is 0 Å². The van der Waals surface area contributed by atoms with E-state index < -0.39 is 10.0 Å². The number of carbonyl (C=O) groups excluding carboxylic acids is 2. The van der Waals surface area contributed by atoms with Crippen molar-refractivity contribution in [2.45, 2.75) is 49.8 Å². The van der Waals surface area contributed by atoms with Crippen LogP contribution in [0.3, 0.4) is 0 Å². The molecule has 0 bridgehead atoms. The molecule has 11 heteroatoms. The number of aryl methyl sites for hydroxylation is 1. The largest absolute Gasteiger partial charge is 0.351 e. The van der Waals surface area contributed by atoms with E-state index in [2.05, 4.69) is 10.3 Å². The first-order valence-electron chi connectivity index (χ1n) is 11.5. The van der Waals surface area contributed by atoms with Crippen molar-refractivity contribution >= 4 is 44.8 Å². The molecule has 0 radical (unpaired) electrons. The lowest BCUT2D eigenvalue weighted by Crippen LogP contribution is -2.37. The average Bonchev–Trinajstić information content (AvgIpc) is 3.48. The van der Waals surface area contributed by atoms with E-state index in [0.29, 0.717) is 62.6 Å². The predicted molar refractivity (Wildman–Crippen MR) is 132 cm³/mol. The number of carbonyl (C=O) groups is 2. The van der Waals surface area contributed by atoms with E-state index in [9.17, 15) is 18.0 Å². The summed E-state index contributed by atoms with van der Waals surface area (Å²) in [4.78, 5) is 30.7. The molecule has 1 N–H and O–H groups in total. The van der Waals surface area contributed by atoms with E-state index in [1.807, 2.05) is 11.8 Å². The van der Waals surface area contributed by atoms with E-state index in [1.165, 1.54) is 21.7 Å². The van der Waals surface area contributed by atoms with Crippen LogP contribution in [0.5, 0.6) is 0 Å². The van der Waals surface area contributed by atoms with Crippen molar-refractivity contribution in [1.29, 1.82) is 0 Å². The van der Waals surface area contributed by atoms with Crippen LogP contribution in [0.1, 0.15) is 59.1 Å². The van der Waals surface area contributed by atoms with Crippen LogP contribution in [-0.4, -0.2) is 67.1 Å². The first-order valence-corrected chi connectivity index (χ1v) is 14.2.